The van der Waals surface area contributed by atoms with Crippen molar-refractivity contribution in [3.63, 3.8) is 0 Å². The maximum absolute atomic E-state index is 12.0. The Morgan fingerprint density at radius 3 is 3.05 bits per heavy atom. The van der Waals surface area contributed by atoms with Gasteiger partial charge < -0.3 is 15.2 Å². The van der Waals surface area contributed by atoms with E-state index in [4.69, 9.17) is 21.6 Å². The molecule has 2 unspecified atom stereocenters. The molecule has 0 radical (unpaired) electrons. The Balaban J connectivity index is 2.06. The normalized spacial score (nSPS) is 21.2. The van der Waals surface area contributed by atoms with Crippen molar-refractivity contribution in [3.05, 3.63) is 22.2 Å². The van der Waals surface area contributed by atoms with Crippen LogP contribution in [0, 0.1) is 12.3 Å². The number of urea groups is 1. The number of benzene rings is 1. The molecule has 0 saturated heterocycles. The fourth-order valence-electron chi connectivity index (χ4n) is 2.43. The molecule has 0 aromatic heterocycles. The predicted octanol–water partition coefficient (Wildman–Crippen LogP) is 2.03. The molecule has 2 atom stereocenters. The number of amides is 2. The zero-order chi connectivity index (χ0) is 15.1. The molecular weight excluding hydrogens is 338 g/mol. The van der Waals surface area contributed by atoms with Gasteiger partial charge in [0.2, 0.25) is 6.79 Å². The molecule has 0 saturated carbocycles. The van der Waals surface area contributed by atoms with Gasteiger partial charge in [0.05, 0.1) is 10.5 Å². The predicted molar refractivity (Wildman–Crippen MR) is 80.2 cm³/mol. The highest BCUT2D eigenvalue weighted by molar-refractivity contribution is 9.10. The molecule has 1 aromatic carbocycles. The first-order chi connectivity index (χ1) is 10.0. The van der Waals surface area contributed by atoms with Gasteiger partial charge in [-0.2, -0.15) is 4.99 Å². The summed E-state index contributed by atoms with van der Waals surface area (Å²) in [6, 6.07) is 2.26. The van der Waals surface area contributed by atoms with E-state index in [-0.39, 0.29) is 12.6 Å². The summed E-state index contributed by atoms with van der Waals surface area (Å²) in [5.41, 5.74) is 6.68. The van der Waals surface area contributed by atoms with Gasteiger partial charge >= 0.3 is 6.03 Å². The standard InChI is InChI=1S/C14H12BrN3O3/c1-3-7(2)18-11(13(16)17-14(18)19)8-4-9(15)12-10(5-8)20-6-21-12/h1,4-5,7,11H,6H2,2H3,(H2,16,17,19). The van der Waals surface area contributed by atoms with Crippen LogP contribution in [0.4, 0.5) is 4.79 Å². The van der Waals surface area contributed by atoms with Crippen LogP contribution in [0.5, 0.6) is 11.5 Å². The number of ether oxygens (including phenoxy) is 2. The van der Waals surface area contributed by atoms with Crippen molar-refractivity contribution < 1.29 is 14.3 Å². The quantitative estimate of drug-likeness (QED) is 0.828. The second-order valence-electron chi connectivity index (χ2n) is 4.71. The third-order valence-corrected chi connectivity index (χ3v) is 4.02. The van der Waals surface area contributed by atoms with Crippen molar-refractivity contribution in [2.24, 2.45) is 10.7 Å². The van der Waals surface area contributed by atoms with Crippen molar-refractivity contribution in [1.82, 2.24) is 4.90 Å². The highest BCUT2D eigenvalue weighted by atomic mass is 79.9. The molecule has 0 spiro atoms. The average molecular weight is 350 g/mol. The minimum atomic E-state index is -0.505. The number of hydrogen-bond acceptors (Lipinski definition) is 4. The molecule has 1 aromatic rings. The smallest absolute Gasteiger partial charge is 0.347 e. The first-order valence-corrected chi connectivity index (χ1v) is 7.03. The van der Waals surface area contributed by atoms with Crippen LogP contribution in [0.1, 0.15) is 18.5 Å². The molecule has 2 aliphatic rings. The van der Waals surface area contributed by atoms with Crippen molar-refractivity contribution in [2.75, 3.05) is 6.79 Å². The van der Waals surface area contributed by atoms with Gasteiger partial charge in [-0.25, -0.2) is 4.79 Å². The van der Waals surface area contributed by atoms with Crippen LogP contribution >= 0.6 is 15.9 Å². The molecule has 0 aliphatic carbocycles. The Morgan fingerprint density at radius 1 is 1.57 bits per heavy atom. The Morgan fingerprint density at radius 2 is 2.33 bits per heavy atom. The molecule has 2 amide bonds. The number of terminal acetylenes is 1. The highest BCUT2D eigenvalue weighted by Gasteiger charge is 2.38. The van der Waals surface area contributed by atoms with Gasteiger partial charge in [0.15, 0.2) is 11.5 Å². The largest absolute Gasteiger partial charge is 0.454 e. The lowest BCUT2D eigenvalue weighted by atomic mass is 10.0. The minimum Gasteiger partial charge on any atom is -0.454 e. The first kappa shape index (κ1) is 13.8. The number of hydrogen-bond donors (Lipinski definition) is 1. The highest BCUT2D eigenvalue weighted by Crippen LogP contribution is 2.43. The SMILES string of the molecule is C#CC(C)N1C(=O)N=C(N)C1c1cc(Br)c2c(c1)OCO2. The van der Waals surface area contributed by atoms with E-state index in [1.165, 1.54) is 4.90 Å². The molecule has 21 heavy (non-hydrogen) atoms. The molecule has 0 fully saturated rings. The van der Waals surface area contributed by atoms with Gasteiger partial charge in [0, 0.05) is 0 Å². The molecule has 0 bridgehead atoms. The van der Waals surface area contributed by atoms with Crippen molar-refractivity contribution in [3.8, 4) is 23.8 Å². The molecule has 6 nitrogen and oxygen atoms in total. The molecule has 3 rings (SSSR count). The van der Waals surface area contributed by atoms with Crippen molar-refractivity contribution in [1.29, 1.82) is 0 Å². The van der Waals surface area contributed by atoms with Crippen LogP contribution < -0.4 is 15.2 Å². The third-order valence-electron chi connectivity index (χ3n) is 3.43. The second kappa shape index (κ2) is 4.97. The van der Waals surface area contributed by atoms with Gasteiger partial charge in [-0.3, -0.25) is 4.90 Å². The van der Waals surface area contributed by atoms with Gasteiger partial charge in [-0.05, 0) is 40.5 Å². The Kier molecular flexibility index (Phi) is 3.26. The molecule has 2 N–H and O–H groups in total. The van der Waals surface area contributed by atoms with Crippen LogP contribution in [0.15, 0.2) is 21.6 Å². The van der Waals surface area contributed by atoms with Crippen LogP contribution in [0.25, 0.3) is 0 Å². The van der Waals surface area contributed by atoms with E-state index in [0.29, 0.717) is 11.5 Å². The number of fused-ring (bicyclic) bond motifs is 1. The summed E-state index contributed by atoms with van der Waals surface area (Å²) in [5, 5.41) is 0. The Bertz CT molecular complexity index is 695. The number of halogens is 1. The van der Waals surface area contributed by atoms with Gasteiger partial charge in [0.25, 0.3) is 0 Å². The monoisotopic (exact) mass is 349 g/mol. The Labute approximate surface area is 130 Å². The summed E-state index contributed by atoms with van der Waals surface area (Å²) in [4.78, 5) is 17.3. The van der Waals surface area contributed by atoms with Crippen LogP contribution in [-0.2, 0) is 0 Å². The number of nitrogens with two attached hydrogens (primary N) is 1. The summed E-state index contributed by atoms with van der Waals surface area (Å²) in [5.74, 6) is 3.98. The number of amidine groups is 1. The van der Waals surface area contributed by atoms with E-state index in [2.05, 4.69) is 26.8 Å². The number of rotatable bonds is 2. The molecule has 2 aliphatic heterocycles. The lowest BCUT2D eigenvalue weighted by Crippen LogP contribution is -2.38. The average Bonchev–Trinajstić information content (AvgIpc) is 3.02. The lowest BCUT2D eigenvalue weighted by molar-refractivity contribution is 0.173. The van der Waals surface area contributed by atoms with E-state index in [1.54, 1.807) is 13.0 Å². The molecule has 7 heteroatoms. The van der Waals surface area contributed by atoms with E-state index >= 15 is 0 Å². The Hall–Kier alpha value is -2.20. The van der Waals surface area contributed by atoms with Crippen molar-refractivity contribution in [2.45, 2.75) is 19.0 Å². The zero-order valence-corrected chi connectivity index (χ0v) is 12.8. The zero-order valence-electron chi connectivity index (χ0n) is 11.2. The number of carbonyl (C=O) groups is 1. The summed E-state index contributed by atoms with van der Waals surface area (Å²) in [7, 11) is 0. The summed E-state index contributed by atoms with van der Waals surface area (Å²) < 4.78 is 11.5. The number of nitrogens with zero attached hydrogens (tertiary/aromatic N) is 2. The van der Waals surface area contributed by atoms with E-state index in [1.807, 2.05) is 6.07 Å². The van der Waals surface area contributed by atoms with Crippen LogP contribution in [-0.4, -0.2) is 29.6 Å². The van der Waals surface area contributed by atoms with Gasteiger partial charge in [-0.15, -0.1) is 6.42 Å². The van der Waals surface area contributed by atoms with Crippen LogP contribution in [0.3, 0.4) is 0 Å². The number of carbonyl (C=O) groups excluding carboxylic acids is 1. The van der Waals surface area contributed by atoms with Crippen LogP contribution in [0.2, 0.25) is 0 Å². The number of aliphatic imine (C=N–C) groups is 1. The minimum absolute atomic E-state index is 0.162. The molecule has 108 valence electrons. The fraction of sp³-hybridized carbons (Fsp3) is 0.286. The maximum Gasteiger partial charge on any atom is 0.347 e. The van der Waals surface area contributed by atoms with E-state index in [0.717, 1.165) is 10.0 Å². The van der Waals surface area contributed by atoms with Gasteiger partial charge in [0.1, 0.15) is 11.9 Å². The lowest BCUT2D eigenvalue weighted by Gasteiger charge is -2.27. The first-order valence-electron chi connectivity index (χ1n) is 6.24. The van der Waals surface area contributed by atoms with E-state index < -0.39 is 18.1 Å². The maximum atomic E-state index is 12.0. The fourth-order valence-corrected chi connectivity index (χ4v) is 3.00. The van der Waals surface area contributed by atoms with E-state index in [9.17, 15) is 4.79 Å². The van der Waals surface area contributed by atoms with Crippen molar-refractivity contribution >= 4 is 27.8 Å². The second-order valence-corrected chi connectivity index (χ2v) is 5.56. The summed E-state index contributed by atoms with van der Waals surface area (Å²) in [6.07, 6.45) is 5.43. The third kappa shape index (κ3) is 2.12. The van der Waals surface area contributed by atoms with Gasteiger partial charge in [-0.1, -0.05) is 5.92 Å². The molecule has 2 heterocycles. The summed E-state index contributed by atoms with van der Waals surface area (Å²) >= 11 is 3.42. The molecular formula is C14H12BrN3O3. The summed E-state index contributed by atoms with van der Waals surface area (Å²) in [6.45, 7) is 1.91. The topological polar surface area (TPSA) is 77.2 Å².